The van der Waals surface area contributed by atoms with Crippen LogP contribution in [0.3, 0.4) is 0 Å². The Labute approximate surface area is 651 Å². The zero-order valence-corrected chi connectivity index (χ0v) is 64.9. The summed E-state index contributed by atoms with van der Waals surface area (Å²) in [7, 11) is -11.3. The van der Waals surface area contributed by atoms with Gasteiger partial charge in [0.2, 0.25) is 22.1 Å². The first kappa shape index (κ1) is 77.7. The average Bonchev–Trinajstić information content (AvgIpc) is 0.999. The average molecular weight is 1630 g/mol. The van der Waals surface area contributed by atoms with E-state index >= 15 is 0 Å². The number of sulfonamides is 3. The summed E-state index contributed by atoms with van der Waals surface area (Å²) in [5.74, 6) is 0.283. The van der Waals surface area contributed by atoms with Crippen molar-refractivity contribution in [1.82, 2.24) is 38.7 Å². The Bertz CT molecular complexity index is 4960. The highest BCUT2D eigenvalue weighted by molar-refractivity contribution is 7.93. The second-order valence-corrected chi connectivity index (χ2v) is 33.7. The Balaban J connectivity index is 0.000000253. The number of carbonyl (C=O) groups excluding carboxylic acids is 3. The predicted molar refractivity (Wildman–Crippen MR) is 433 cm³/mol. The van der Waals surface area contributed by atoms with Gasteiger partial charge in [-0.25, -0.2) is 40.2 Å². The Morgan fingerprint density at radius 1 is 0.657 bits per heavy atom. The molecule has 0 aliphatic carbocycles. The molecule has 0 radical (unpaired) electrons. The number of hydrogen-bond donors (Lipinski definition) is 5. The number of fused-ring (bicyclic) bond motifs is 2. The maximum Gasteiger partial charge on any atom is 0.263 e. The van der Waals surface area contributed by atoms with Gasteiger partial charge in [0.15, 0.2) is 5.13 Å². The number of aliphatic imine (C=N–C) groups is 1. The highest BCUT2D eigenvalue weighted by Crippen LogP contribution is 2.33. The van der Waals surface area contributed by atoms with Gasteiger partial charge in [-0.15, -0.1) is 11.3 Å². The quantitative estimate of drug-likeness (QED) is 0.0285. The maximum atomic E-state index is 13.4. The Morgan fingerprint density at radius 2 is 1.21 bits per heavy atom. The molecular weight excluding hydrogens is 1540 g/mol. The van der Waals surface area contributed by atoms with Gasteiger partial charge in [0, 0.05) is 183 Å². The van der Waals surface area contributed by atoms with Gasteiger partial charge in [-0.2, -0.15) is 4.37 Å². The van der Waals surface area contributed by atoms with E-state index < -0.39 is 30.1 Å². The molecule has 1 atom stereocenters. The fourth-order valence-corrected chi connectivity index (χ4v) is 18.2. The summed E-state index contributed by atoms with van der Waals surface area (Å²) < 4.78 is 88.2. The van der Waals surface area contributed by atoms with E-state index in [4.69, 9.17) is 64.4 Å². The summed E-state index contributed by atoms with van der Waals surface area (Å²) in [4.78, 5) is 63.1. The first-order valence-corrected chi connectivity index (χ1v) is 41.6. The minimum Gasteiger partial charge on any atom is -0.387 e. The van der Waals surface area contributed by atoms with E-state index in [1.165, 1.54) is 41.6 Å². The third kappa shape index (κ3) is 20.2. The van der Waals surface area contributed by atoms with Gasteiger partial charge in [-0.1, -0.05) is 53.3 Å². The molecule has 13 rings (SSSR count). The minimum absolute atomic E-state index is 0. The first-order valence-electron chi connectivity index (χ1n) is 33.6. The van der Waals surface area contributed by atoms with Crippen LogP contribution in [0.4, 0.5) is 33.0 Å². The molecule has 0 saturated carbocycles. The van der Waals surface area contributed by atoms with Gasteiger partial charge in [-0.3, -0.25) is 28.5 Å². The van der Waals surface area contributed by atoms with Gasteiger partial charge in [-0.05, 0) is 184 Å². The molecule has 3 fully saturated rings. The van der Waals surface area contributed by atoms with Crippen molar-refractivity contribution in [1.29, 1.82) is 0 Å². The predicted octanol–water partition coefficient (Wildman–Crippen LogP) is 12.7. The van der Waals surface area contributed by atoms with Gasteiger partial charge in [0.25, 0.3) is 36.0 Å². The molecule has 6 N–H and O–H groups in total. The standard InChI is InChI=1S/C26H33ClN6O3S2.C24H25ClN6O3S2.C20H18Cl2N4O3S2.5H2/c1-3-24(28)29-26(37)30-38(35,36)22-9-7-21(8-10-22)31-13-15-32(16-14-31)25(34)18(2)33-12-4-5-19-17-20(27)6-11-23(19)33;25-18-1-6-22-17(15-18)7-11-31(22)14-10-23(32)28-19-8-12-30(13-9-19)20-2-4-21(5-3-20)36(33,34)29-24-26-16-27-35-24;21-14-1-6-17(18(22)13-14)19(27)26-10-8-25(9-11-26)15-2-4-16(5-3-15)31(28,29)24-20-23-7-12-30-20;;;;;/h6-11,17-18H,3-5,12-16H2,1-2H3,(H3,28,29,30,37);1-7,11,15-16,19H,8-10,12-14H2,(H,28,32)(H,26,27,29);1-7,12-13H,8-11H2,(H,23,24);5*1H/t18-;;;;;;;/m1......./s1. The number of piperazine rings is 2. The van der Waals surface area contributed by atoms with Gasteiger partial charge >= 0.3 is 0 Å². The molecule has 0 bridgehead atoms. The van der Waals surface area contributed by atoms with Crippen LogP contribution in [0.5, 0.6) is 0 Å². The van der Waals surface area contributed by atoms with Crippen molar-refractivity contribution < 1.29 is 46.8 Å². The number of hydrogen-bond acceptors (Lipinski definition) is 19. The number of thiazole rings is 1. The van der Waals surface area contributed by atoms with Crippen molar-refractivity contribution >= 4 is 184 Å². The third-order valence-corrected chi connectivity index (χ3v) is 25.0. The van der Waals surface area contributed by atoms with Crippen LogP contribution in [0.25, 0.3) is 10.9 Å². The van der Waals surface area contributed by atoms with E-state index in [9.17, 15) is 39.6 Å². The van der Waals surface area contributed by atoms with Crippen molar-refractivity contribution in [2.45, 2.75) is 85.7 Å². The van der Waals surface area contributed by atoms with Crippen LogP contribution >= 0.6 is 81.5 Å². The Morgan fingerprint density at radius 3 is 1.78 bits per heavy atom. The molecule has 25 nitrogen and oxygen atoms in total. The number of aromatic nitrogens is 4. The fraction of sp³-hybridized carbons (Fsp3) is 0.314. The number of nitrogens with zero attached hydrogens (tertiary/aromatic N) is 11. The molecule has 4 aliphatic rings. The number of amidine groups is 1. The SMILES string of the molecule is CCC(N)=NC(=S)NS(=O)(=O)c1ccc(N2CCN(C(=O)[C@@H](C)N3CCCc4cc(Cl)ccc43)CC2)cc1.O=C(CCn1ccc2cc(Cl)ccc21)NC1CCN(c2ccc(S(=O)(=O)Nc3ncns3)cc2)CC1.O=C(c1ccc(Cl)cc1Cl)N1CCN(c2ccc(S(=O)(=O)Nc3nccs3)cc2)CC1.[HH].[HH].[HH].[HH].[HH]. The van der Waals surface area contributed by atoms with E-state index in [-0.39, 0.29) is 67.7 Å². The minimum atomic E-state index is -3.86. The van der Waals surface area contributed by atoms with Gasteiger partial charge < -0.3 is 45.0 Å². The van der Waals surface area contributed by atoms with Crippen LogP contribution in [0.2, 0.25) is 20.1 Å². The number of nitrogens with two attached hydrogens (primary N) is 1. The summed E-state index contributed by atoms with van der Waals surface area (Å²) in [6.07, 6.45) is 9.32. The molecule has 3 aromatic heterocycles. The van der Waals surface area contributed by atoms with E-state index in [0.717, 1.165) is 95.5 Å². The molecule has 6 aromatic carbocycles. The summed E-state index contributed by atoms with van der Waals surface area (Å²) in [6, 6.07) is 38.4. The molecule has 0 spiro atoms. The highest BCUT2D eigenvalue weighted by Gasteiger charge is 2.33. The van der Waals surface area contributed by atoms with E-state index in [0.29, 0.717) is 97.5 Å². The molecule has 105 heavy (non-hydrogen) atoms. The number of aryl methyl sites for hydroxylation is 2. The number of anilines is 6. The number of rotatable bonds is 19. The molecule has 3 amide bonds. The zero-order chi connectivity index (χ0) is 74.6. The third-order valence-electron chi connectivity index (χ3n) is 18.1. The van der Waals surface area contributed by atoms with Crippen LogP contribution < -0.4 is 44.8 Å². The molecule has 0 unspecified atom stereocenters. The van der Waals surface area contributed by atoms with Crippen molar-refractivity contribution in [3.05, 3.63) is 189 Å². The molecule has 7 heterocycles. The number of amides is 3. The van der Waals surface area contributed by atoms with Crippen LogP contribution in [0, 0.1) is 0 Å². The maximum absolute atomic E-state index is 13.4. The van der Waals surface area contributed by atoms with Crippen molar-refractivity contribution in [3.63, 3.8) is 0 Å². The van der Waals surface area contributed by atoms with Gasteiger partial charge in [0.05, 0.1) is 25.3 Å². The largest absolute Gasteiger partial charge is 0.387 e. The van der Waals surface area contributed by atoms with Crippen LogP contribution in [-0.2, 0) is 52.6 Å². The number of carbonyl (C=O) groups is 3. The lowest BCUT2D eigenvalue weighted by Gasteiger charge is -2.41. The summed E-state index contributed by atoms with van der Waals surface area (Å²) in [5, 5.41) is 8.53. The molecule has 3 saturated heterocycles. The van der Waals surface area contributed by atoms with Crippen LogP contribution in [-0.4, -0.2) is 167 Å². The molecule has 4 aliphatic heterocycles. The summed E-state index contributed by atoms with van der Waals surface area (Å²) >= 11 is 31.5. The second-order valence-electron chi connectivity index (χ2n) is 24.9. The number of thiocarbonyl (C=S) groups is 1. The van der Waals surface area contributed by atoms with Gasteiger partial charge in [0.1, 0.15) is 18.2 Å². The monoisotopic (exact) mass is 1630 g/mol. The lowest BCUT2D eigenvalue weighted by Crippen LogP contribution is -2.55. The van der Waals surface area contributed by atoms with Crippen molar-refractivity contribution in [3.8, 4) is 0 Å². The summed E-state index contributed by atoms with van der Waals surface area (Å²) in [6.45, 7) is 11.6. The normalized spacial score (nSPS) is 15.5. The molecule has 9 aromatic rings. The smallest absolute Gasteiger partial charge is 0.263 e. The topological polar surface area (TPSA) is 303 Å². The highest BCUT2D eigenvalue weighted by atomic mass is 35.5. The number of benzene rings is 6. The number of halogens is 4. The molecule has 564 valence electrons. The van der Waals surface area contributed by atoms with E-state index in [1.54, 1.807) is 83.9 Å². The molecule has 35 heteroatoms. The van der Waals surface area contributed by atoms with Crippen molar-refractivity contribution in [2.75, 3.05) is 101 Å². The lowest BCUT2D eigenvalue weighted by atomic mass is 10.00. The Kier molecular flexibility index (Phi) is 25.8. The number of nitrogens with one attached hydrogen (secondary N) is 4. The van der Waals surface area contributed by atoms with E-state index in [2.05, 4.69) is 63.0 Å². The number of piperidine rings is 1. The van der Waals surface area contributed by atoms with E-state index in [1.807, 2.05) is 72.6 Å². The first-order chi connectivity index (χ1) is 50.3. The van der Waals surface area contributed by atoms with Crippen LogP contribution in [0.1, 0.15) is 69.0 Å². The van der Waals surface area contributed by atoms with Crippen LogP contribution in [0.15, 0.2) is 177 Å². The lowest BCUT2D eigenvalue weighted by molar-refractivity contribution is -0.132. The molecular formula is C70H86Cl4N16O9S6. The zero-order valence-electron chi connectivity index (χ0n) is 57.0. The fourth-order valence-electron chi connectivity index (χ4n) is 12.5. The Hall–Kier alpha value is -8.37. The second kappa shape index (κ2) is 34.9. The summed E-state index contributed by atoms with van der Waals surface area (Å²) in [5.41, 5.74) is 12.1. The van der Waals surface area contributed by atoms with Crippen molar-refractivity contribution in [2.24, 2.45) is 10.7 Å².